The molecule has 1 fully saturated rings. The van der Waals surface area contributed by atoms with E-state index in [4.69, 9.17) is 0 Å². The van der Waals surface area contributed by atoms with Gasteiger partial charge < -0.3 is 5.32 Å². The average Bonchev–Trinajstić information content (AvgIpc) is 3.50. The Labute approximate surface area is 183 Å². The number of carbonyl (C=O) groups excluding carboxylic acids is 1. The molecule has 4 aromatic rings. The summed E-state index contributed by atoms with van der Waals surface area (Å²) in [7, 11) is 0. The second-order valence-electron chi connectivity index (χ2n) is 8.27. The van der Waals surface area contributed by atoms with E-state index in [1.165, 1.54) is 22.9 Å². The molecule has 0 atom stereocenters. The number of anilines is 1. The third-order valence-corrected chi connectivity index (χ3v) is 5.81. The summed E-state index contributed by atoms with van der Waals surface area (Å²) >= 11 is 0. The van der Waals surface area contributed by atoms with Crippen LogP contribution in [0.25, 0.3) is 16.6 Å². The Kier molecular flexibility index (Phi) is 4.84. The molecular weight excluding hydrogens is 409 g/mol. The van der Waals surface area contributed by atoms with Gasteiger partial charge in [-0.2, -0.15) is 10.2 Å². The molecular formula is C24H22FN5O2. The summed E-state index contributed by atoms with van der Waals surface area (Å²) in [6, 6.07) is 11.5. The molecule has 0 spiro atoms. The van der Waals surface area contributed by atoms with Gasteiger partial charge in [-0.1, -0.05) is 12.1 Å². The SMILES string of the molecule is Cc1ccc(-n2ncc3c(C4CC4)nn(CC(=O)Nc4cccc(F)c4)c(=O)c32)cc1C. The summed E-state index contributed by atoms with van der Waals surface area (Å²) in [6.07, 6.45) is 3.67. The van der Waals surface area contributed by atoms with Crippen LogP contribution in [0.5, 0.6) is 0 Å². The van der Waals surface area contributed by atoms with Crippen LogP contribution in [-0.2, 0) is 11.3 Å². The molecule has 0 unspecified atom stereocenters. The largest absolute Gasteiger partial charge is 0.324 e. The van der Waals surface area contributed by atoms with Crippen molar-refractivity contribution in [3.8, 4) is 5.69 Å². The van der Waals surface area contributed by atoms with E-state index >= 15 is 0 Å². The van der Waals surface area contributed by atoms with Crippen molar-refractivity contribution < 1.29 is 9.18 Å². The summed E-state index contributed by atoms with van der Waals surface area (Å²) in [5.41, 5.74) is 4.15. The predicted molar refractivity (Wildman–Crippen MR) is 120 cm³/mol. The fraction of sp³-hybridized carbons (Fsp3) is 0.250. The van der Waals surface area contributed by atoms with Crippen molar-refractivity contribution in [2.75, 3.05) is 5.32 Å². The number of carbonyl (C=O) groups is 1. The first-order valence-corrected chi connectivity index (χ1v) is 10.5. The molecule has 1 N–H and O–H groups in total. The van der Waals surface area contributed by atoms with E-state index in [2.05, 4.69) is 15.5 Å². The van der Waals surface area contributed by atoms with Crippen LogP contribution in [-0.4, -0.2) is 25.5 Å². The first-order valence-electron chi connectivity index (χ1n) is 10.5. The van der Waals surface area contributed by atoms with Crippen LogP contribution < -0.4 is 10.9 Å². The standard InChI is InChI=1S/C24H22FN5O2/c1-14-6-9-19(10-15(14)2)30-23-20(12-26-30)22(16-7-8-16)28-29(24(23)32)13-21(31)27-18-5-3-4-17(25)11-18/h3-6,9-12,16H,7-8,13H2,1-2H3,(H,27,31). The fourth-order valence-corrected chi connectivity index (χ4v) is 3.81. The lowest BCUT2D eigenvalue weighted by Crippen LogP contribution is -2.31. The molecule has 1 aliphatic carbocycles. The van der Waals surface area contributed by atoms with E-state index in [-0.39, 0.29) is 12.5 Å². The van der Waals surface area contributed by atoms with Gasteiger partial charge in [-0.05, 0) is 68.1 Å². The molecule has 0 aliphatic heterocycles. The number of hydrogen-bond acceptors (Lipinski definition) is 4. The van der Waals surface area contributed by atoms with Gasteiger partial charge in [0, 0.05) is 17.0 Å². The molecule has 0 radical (unpaired) electrons. The Morgan fingerprint density at radius 2 is 1.97 bits per heavy atom. The van der Waals surface area contributed by atoms with Crippen molar-refractivity contribution in [1.29, 1.82) is 0 Å². The molecule has 0 bridgehead atoms. The minimum absolute atomic E-state index is 0.257. The number of hydrogen-bond donors (Lipinski definition) is 1. The number of fused-ring (bicyclic) bond motifs is 1. The van der Waals surface area contributed by atoms with Crippen molar-refractivity contribution in [3.63, 3.8) is 0 Å². The number of halogens is 1. The molecule has 1 amide bonds. The lowest BCUT2D eigenvalue weighted by atomic mass is 10.1. The van der Waals surface area contributed by atoms with Gasteiger partial charge in [-0.25, -0.2) is 13.8 Å². The maximum absolute atomic E-state index is 13.4. The van der Waals surface area contributed by atoms with E-state index in [9.17, 15) is 14.0 Å². The van der Waals surface area contributed by atoms with E-state index < -0.39 is 17.3 Å². The van der Waals surface area contributed by atoms with Gasteiger partial charge in [0.15, 0.2) is 0 Å². The van der Waals surface area contributed by atoms with Crippen LogP contribution >= 0.6 is 0 Å². The first kappa shape index (κ1) is 20.1. The molecule has 162 valence electrons. The molecule has 1 aliphatic rings. The molecule has 5 rings (SSSR count). The zero-order chi connectivity index (χ0) is 22.4. The van der Waals surface area contributed by atoms with E-state index in [0.29, 0.717) is 11.2 Å². The quantitative estimate of drug-likeness (QED) is 0.520. The maximum Gasteiger partial charge on any atom is 0.293 e. The molecule has 2 aromatic heterocycles. The number of nitrogens with zero attached hydrogens (tertiary/aromatic N) is 4. The van der Waals surface area contributed by atoms with Crippen LogP contribution in [0.1, 0.15) is 35.6 Å². The van der Waals surface area contributed by atoms with Crippen molar-refractivity contribution in [2.45, 2.75) is 39.2 Å². The summed E-state index contributed by atoms with van der Waals surface area (Å²) in [5.74, 6) is -0.649. The van der Waals surface area contributed by atoms with Gasteiger partial charge in [0.05, 0.1) is 17.6 Å². The molecule has 2 aromatic carbocycles. The Hall–Kier alpha value is -3.81. The lowest BCUT2D eigenvalue weighted by molar-refractivity contribution is -0.117. The number of rotatable bonds is 5. The maximum atomic E-state index is 13.4. The Morgan fingerprint density at radius 3 is 2.69 bits per heavy atom. The van der Waals surface area contributed by atoms with Crippen molar-refractivity contribution in [1.82, 2.24) is 19.6 Å². The number of aryl methyl sites for hydroxylation is 2. The summed E-state index contributed by atoms with van der Waals surface area (Å²) < 4.78 is 16.2. The smallest absolute Gasteiger partial charge is 0.293 e. The Balaban J connectivity index is 1.57. The van der Waals surface area contributed by atoms with E-state index in [1.54, 1.807) is 16.9 Å². The second kappa shape index (κ2) is 7.71. The van der Waals surface area contributed by atoms with Crippen LogP contribution in [0, 0.1) is 19.7 Å². The summed E-state index contributed by atoms with van der Waals surface area (Å²) in [6.45, 7) is 3.76. The topological polar surface area (TPSA) is 81.8 Å². The van der Waals surface area contributed by atoms with Gasteiger partial charge in [-0.3, -0.25) is 9.59 Å². The highest BCUT2D eigenvalue weighted by Gasteiger charge is 2.30. The molecule has 2 heterocycles. The van der Waals surface area contributed by atoms with Gasteiger partial charge in [-0.15, -0.1) is 0 Å². The zero-order valence-corrected chi connectivity index (χ0v) is 17.8. The summed E-state index contributed by atoms with van der Waals surface area (Å²) in [5, 5.41) is 12.3. The van der Waals surface area contributed by atoms with E-state index in [0.717, 1.165) is 40.7 Å². The number of aromatic nitrogens is 4. The highest BCUT2D eigenvalue weighted by atomic mass is 19.1. The highest BCUT2D eigenvalue weighted by Crippen LogP contribution is 2.41. The second-order valence-corrected chi connectivity index (χ2v) is 8.27. The Bertz CT molecular complexity index is 1420. The van der Waals surface area contributed by atoms with Crippen LogP contribution in [0.4, 0.5) is 10.1 Å². The predicted octanol–water partition coefficient (Wildman–Crippen LogP) is 3.85. The van der Waals surface area contributed by atoms with Crippen molar-refractivity contribution in [3.05, 3.63) is 81.7 Å². The van der Waals surface area contributed by atoms with Crippen molar-refractivity contribution in [2.24, 2.45) is 0 Å². The van der Waals surface area contributed by atoms with Crippen molar-refractivity contribution >= 4 is 22.5 Å². The highest BCUT2D eigenvalue weighted by molar-refractivity contribution is 5.90. The zero-order valence-electron chi connectivity index (χ0n) is 17.8. The summed E-state index contributed by atoms with van der Waals surface area (Å²) in [4.78, 5) is 26.0. The van der Waals surface area contributed by atoms with E-state index in [1.807, 2.05) is 32.0 Å². The molecule has 8 heteroatoms. The molecule has 0 saturated heterocycles. The molecule has 1 saturated carbocycles. The fourth-order valence-electron chi connectivity index (χ4n) is 3.81. The van der Waals surface area contributed by atoms with Crippen LogP contribution in [0.3, 0.4) is 0 Å². The average molecular weight is 431 g/mol. The van der Waals surface area contributed by atoms with Gasteiger partial charge in [0.1, 0.15) is 17.9 Å². The van der Waals surface area contributed by atoms with Crippen LogP contribution in [0.2, 0.25) is 0 Å². The third-order valence-electron chi connectivity index (χ3n) is 5.81. The minimum atomic E-state index is -0.455. The minimum Gasteiger partial charge on any atom is -0.324 e. The van der Waals surface area contributed by atoms with Gasteiger partial charge in [0.25, 0.3) is 5.56 Å². The number of benzene rings is 2. The lowest BCUT2D eigenvalue weighted by Gasteiger charge is -2.11. The number of nitrogens with one attached hydrogen (secondary N) is 1. The normalized spacial score (nSPS) is 13.5. The van der Waals surface area contributed by atoms with Gasteiger partial charge >= 0.3 is 0 Å². The van der Waals surface area contributed by atoms with Gasteiger partial charge in [0.2, 0.25) is 5.91 Å². The third kappa shape index (κ3) is 3.68. The molecule has 7 nitrogen and oxygen atoms in total. The van der Waals surface area contributed by atoms with Crippen LogP contribution in [0.15, 0.2) is 53.5 Å². The number of amides is 1. The first-order chi connectivity index (χ1) is 15.4. The molecule has 32 heavy (non-hydrogen) atoms. The Morgan fingerprint density at radius 1 is 1.16 bits per heavy atom. The monoisotopic (exact) mass is 431 g/mol.